The second-order valence-corrected chi connectivity index (χ2v) is 8.53. The summed E-state index contributed by atoms with van der Waals surface area (Å²) in [5, 5.41) is 10.8. The number of hydrogen-bond acceptors (Lipinski definition) is 7. The number of nitrogens with zero attached hydrogens (tertiary/aromatic N) is 5. The first-order valence-corrected chi connectivity index (χ1v) is 11.9. The fourth-order valence-electron chi connectivity index (χ4n) is 3.83. The third-order valence-corrected chi connectivity index (χ3v) is 6.58. The zero-order valence-corrected chi connectivity index (χ0v) is 19.4. The molecule has 0 spiro atoms. The van der Waals surface area contributed by atoms with E-state index in [1.165, 1.54) is 0 Å². The van der Waals surface area contributed by atoms with Crippen LogP contribution in [0, 0.1) is 0 Å². The molecule has 0 atom stereocenters. The lowest BCUT2D eigenvalue weighted by molar-refractivity contribution is -0.133. The highest BCUT2D eigenvalue weighted by Gasteiger charge is 2.22. The maximum Gasteiger partial charge on any atom is 0.260 e. The van der Waals surface area contributed by atoms with Crippen molar-refractivity contribution in [1.29, 1.82) is 0 Å². The zero-order valence-electron chi connectivity index (χ0n) is 18.6. The predicted molar refractivity (Wildman–Crippen MR) is 130 cm³/mol. The van der Waals surface area contributed by atoms with E-state index in [9.17, 15) is 4.79 Å². The number of benzene rings is 1. The molecule has 0 radical (unpaired) electrons. The molecule has 7 nitrogen and oxygen atoms in total. The van der Waals surface area contributed by atoms with Crippen LogP contribution < -0.4 is 14.5 Å². The molecule has 1 amide bonds. The van der Waals surface area contributed by atoms with Crippen molar-refractivity contribution in [3.8, 4) is 16.3 Å². The van der Waals surface area contributed by atoms with E-state index in [1.54, 1.807) is 11.3 Å². The van der Waals surface area contributed by atoms with Crippen LogP contribution in [0.25, 0.3) is 10.6 Å². The van der Waals surface area contributed by atoms with Gasteiger partial charge in [-0.2, -0.15) is 0 Å². The lowest BCUT2D eigenvalue weighted by atomic mass is 10.2. The predicted octanol–water partition coefficient (Wildman–Crippen LogP) is 3.78. The second kappa shape index (κ2) is 10.5. The number of rotatable bonds is 8. The molecule has 168 valence electrons. The quantitative estimate of drug-likeness (QED) is 0.519. The summed E-state index contributed by atoms with van der Waals surface area (Å²) in [6.45, 7) is 8.94. The molecule has 1 fully saturated rings. The van der Waals surface area contributed by atoms with Gasteiger partial charge in [0.2, 0.25) is 0 Å². The summed E-state index contributed by atoms with van der Waals surface area (Å²) in [5.74, 6) is 1.58. The molecule has 2 aromatic heterocycles. The van der Waals surface area contributed by atoms with Gasteiger partial charge in [-0.3, -0.25) is 4.79 Å². The minimum Gasteiger partial charge on any atom is -0.484 e. The largest absolute Gasteiger partial charge is 0.484 e. The van der Waals surface area contributed by atoms with Gasteiger partial charge < -0.3 is 19.4 Å². The number of aromatic nitrogens is 2. The van der Waals surface area contributed by atoms with Gasteiger partial charge in [0.15, 0.2) is 12.4 Å². The van der Waals surface area contributed by atoms with Crippen LogP contribution in [0.4, 0.5) is 11.5 Å². The van der Waals surface area contributed by atoms with E-state index >= 15 is 0 Å². The van der Waals surface area contributed by atoms with Crippen molar-refractivity contribution in [1.82, 2.24) is 15.1 Å². The topological polar surface area (TPSA) is 61.8 Å². The van der Waals surface area contributed by atoms with Gasteiger partial charge in [-0.05, 0) is 49.6 Å². The number of ether oxygens (including phenoxy) is 1. The molecular weight excluding hydrogens is 422 g/mol. The van der Waals surface area contributed by atoms with E-state index in [0.29, 0.717) is 13.1 Å². The summed E-state index contributed by atoms with van der Waals surface area (Å²) in [6, 6.07) is 16.0. The van der Waals surface area contributed by atoms with E-state index in [1.807, 2.05) is 52.7 Å². The first kappa shape index (κ1) is 22.1. The zero-order chi connectivity index (χ0) is 22.3. The van der Waals surface area contributed by atoms with Crippen LogP contribution in [0.5, 0.6) is 5.75 Å². The van der Waals surface area contributed by atoms with Crippen LogP contribution in [-0.4, -0.2) is 66.9 Å². The molecule has 3 heterocycles. The lowest BCUT2D eigenvalue weighted by Crippen LogP contribution is -2.50. The Labute approximate surface area is 193 Å². The summed E-state index contributed by atoms with van der Waals surface area (Å²) < 4.78 is 5.81. The molecule has 3 aromatic rings. The molecule has 0 aliphatic carbocycles. The first-order valence-electron chi connectivity index (χ1n) is 11.1. The smallest absolute Gasteiger partial charge is 0.260 e. The Hall–Kier alpha value is -3.13. The van der Waals surface area contributed by atoms with Crippen molar-refractivity contribution >= 4 is 28.7 Å². The van der Waals surface area contributed by atoms with Crippen LogP contribution in [0.3, 0.4) is 0 Å². The Morgan fingerprint density at radius 2 is 1.84 bits per heavy atom. The van der Waals surface area contributed by atoms with Crippen molar-refractivity contribution in [3.63, 3.8) is 0 Å². The minimum absolute atomic E-state index is 0.0111. The number of hydrogen-bond donors (Lipinski definition) is 0. The molecule has 0 bridgehead atoms. The van der Waals surface area contributed by atoms with E-state index in [-0.39, 0.29) is 12.5 Å². The van der Waals surface area contributed by atoms with Gasteiger partial charge in [0.1, 0.15) is 11.4 Å². The van der Waals surface area contributed by atoms with Gasteiger partial charge in [-0.15, -0.1) is 21.5 Å². The van der Waals surface area contributed by atoms with Gasteiger partial charge in [0.05, 0.1) is 4.88 Å². The number of amides is 1. The van der Waals surface area contributed by atoms with E-state index in [0.717, 1.165) is 54.0 Å². The third-order valence-electron chi connectivity index (χ3n) is 5.69. The van der Waals surface area contributed by atoms with Crippen molar-refractivity contribution in [2.75, 3.05) is 55.7 Å². The number of carbonyl (C=O) groups is 1. The number of carbonyl (C=O) groups excluding carboxylic acids is 1. The highest BCUT2D eigenvalue weighted by molar-refractivity contribution is 7.13. The van der Waals surface area contributed by atoms with Gasteiger partial charge in [-0.1, -0.05) is 12.1 Å². The minimum atomic E-state index is 0.0111. The number of thiophene rings is 1. The van der Waals surface area contributed by atoms with Crippen molar-refractivity contribution < 1.29 is 9.53 Å². The van der Waals surface area contributed by atoms with Crippen LogP contribution >= 0.6 is 11.3 Å². The SMILES string of the molecule is CCN(CC)c1cccc(OCC(=O)N2CCN(c3ccc(-c4cccs4)nn3)CC2)c1. The molecular formula is C24H29N5O2S. The van der Waals surface area contributed by atoms with Crippen LogP contribution in [0.1, 0.15) is 13.8 Å². The molecule has 0 unspecified atom stereocenters. The highest BCUT2D eigenvalue weighted by Crippen LogP contribution is 2.24. The molecule has 4 rings (SSSR count). The van der Waals surface area contributed by atoms with Gasteiger partial charge in [-0.25, -0.2) is 0 Å². The Kier molecular flexibility index (Phi) is 7.21. The number of anilines is 2. The molecule has 1 saturated heterocycles. The third kappa shape index (κ3) is 5.19. The van der Waals surface area contributed by atoms with Crippen LogP contribution in [0.15, 0.2) is 53.9 Å². The Morgan fingerprint density at radius 1 is 1.03 bits per heavy atom. The maximum absolute atomic E-state index is 12.7. The average molecular weight is 452 g/mol. The Balaban J connectivity index is 1.27. The molecule has 0 saturated carbocycles. The normalized spacial score (nSPS) is 13.8. The monoisotopic (exact) mass is 451 g/mol. The molecule has 8 heteroatoms. The average Bonchev–Trinajstić information content (AvgIpc) is 3.39. The van der Waals surface area contributed by atoms with Crippen LogP contribution in [-0.2, 0) is 4.79 Å². The van der Waals surface area contributed by atoms with Gasteiger partial charge in [0.25, 0.3) is 5.91 Å². The summed E-state index contributed by atoms with van der Waals surface area (Å²) in [6.07, 6.45) is 0. The molecule has 0 N–H and O–H groups in total. The highest BCUT2D eigenvalue weighted by atomic mass is 32.1. The summed E-state index contributed by atoms with van der Waals surface area (Å²) >= 11 is 1.65. The van der Waals surface area contributed by atoms with E-state index < -0.39 is 0 Å². The standard InChI is InChI=1S/C24H29N5O2S/c1-3-27(4-2)19-7-5-8-20(17-19)31-18-24(30)29-14-12-28(13-15-29)23-11-10-21(25-26-23)22-9-6-16-32-22/h5-11,16-17H,3-4,12-15,18H2,1-2H3. The summed E-state index contributed by atoms with van der Waals surface area (Å²) in [4.78, 5) is 20.1. The molecule has 32 heavy (non-hydrogen) atoms. The van der Waals surface area contributed by atoms with Crippen molar-refractivity contribution in [3.05, 3.63) is 53.9 Å². The first-order chi connectivity index (χ1) is 15.7. The summed E-state index contributed by atoms with van der Waals surface area (Å²) in [5.41, 5.74) is 2.00. The fourth-order valence-corrected chi connectivity index (χ4v) is 4.52. The van der Waals surface area contributed by atoms with Crippen molar-refractivity contribution in [2.45, 2.75) is 13.8 Å². The number of piperazine rings is 1. The second-order valence-electron chi connectivity index (χ2n) is 7.58. The van der Waals surface area contributed by atoms with E-state index in [4.69, 9.17) is 4.74 Å². The maximum atomic E-state index is 12.7. The van der Waals surface area contributed by atoms with Crippen molar-refractivity contribution in [2.24, 2.45) is 0 Å². The van der Waals surface area contributed by atoms with Crippen LogP contribution in [0.2, 0.25) is 0 Å². The molecule has 1 aromatic carbocycles. The Bertz CT molecular complexity index is 997. The Morgan fingerprint density at radius 3 is 2.50 bits per heavy atom. The van der Waals surface area contributed by atoms with Gasteiger partial charge >= 0.3 is 0 Å². The molecule has 1 aliphatic rings. The fraction of sp³-hybridized carbons (Fsp3) is 0.375. The summed E-state index contributed by atoms with van der Waals surface area (Å²) in [7, 11) is 0. The van der Waals surface area contributed by atoms with Gasteiger partial charge in [0, 0.05) is 51.0 Å². The lowest BCUT2D eigenvalue weighted by Gasteiger charge is -2.35. The molecule has 1 aliphatic heterocycles. The van der Waals surface area contributed by atoms with E-state index in [2.05, 4.69) is 39.9 Å².